The van der Waals surface area contributed by atoms with Crippen molar-refractivity contribution < 1.29 is 9.21 Å². The second-order valence-corrected chi connectivity index (χ2v) is 5.38. The maximum Gasteiger partial charge on any atom is 0.257 e. The van der Waals surface area contributed by atoms with E-state index >= 15 is 0 Å². The maximum absolute atomic E-state index is 12.0. The van der Waals surface area contributed by atoms with Crippen molar-refractivity contribution in [3.63, 3.8) is 0 Å². The lowest BCUT2D eigenvalue weighted by atomic mass is 10.2. The molecule has 0 aliphatic rings. The van der Waals surface area contributed by atoms with Crippen molar-refractivity contribution in [1.29, 1.82) is 0 Å². The number of nitrogens with one attached hydrogen (secondary N) is 1. The van der Waals surface area contributed by atoms with Gasteiger partial charge in [-0.3, -0.25) is 10.1 Å². The van der Waals surface area contributed by atoms with E-state index in [1.54, 1.807) is 36.4 Å². The van der Waals surface area contributed by atoms with Crippen molar-refractivity contribution in [3.05, 3.63) is 52.7 Å². The van der Waals surface area contributed by atoms with Gasteiger partial charge in [-0.15, -0.1) is 0 Å². The number of anilines is 1. The molecule has 1 N–H and O–H groups in total. The van der Waals surface area contributed by atoms with Gasteiger partial charge in [0.15, 0.2) is 10.4 Å². The summed E-state index contributed by atoms with van der Waals surface area (Å²) in [7, 11) is 0. The zero-order valence-electron chi connectivity index (χ0n) is 10.0. The summed E-state index contributed by atoms with van der Waals surface area (Å²) < 4.78 is 10.1. The molecule has 0 radical (unpaired) electrons. The Morgan fingerprint density at radius 2 is 2.00 bits per heavy atom. The van der Waals surface area contributed by atoms with Crippen LogP contribution < -0.4 is 5.32 Å². The van der Waals surface area contributed by atoms with Crippen molar-refractivity contribution >= 4 is 38.5 Å². The van der Waals surface area contributed by atoms with E-state index in [1.807, 2.05) is 6.07 Å². The highest BCUT2D eigenvalue weighted by Gasteiger charge is 2.13. The Hall–Kier alpha value is -1.99. The third-order valence-corrected chi connectivity index (χ3v) is 3.53. The van der Waals surface area contributed by atoms with Crippen molar-refractivity contribution in [2.24, 2.45) is 0 Å². The lowest BCUT2D eigenvalue weighted by molar-refractivity contribution is 0.102. The minimum Gasteiger partial charge on any atom is -0.446 e. The number of carbonyl (C=O) groups is 1. The molecule has 3 aromatic rings. The van der Waals surface area contributed by atoms with Crippen molar-refractivity contribution in [3.8, 4) is 11.6 Å². The molecular formula is C13H8BrN3O2S. The van der Waals surface area contributed by atoms with Gasteiger partial charge in [0.1, 0.15) is 0 Å². The number of nitrogens with zero attached hydrogens (tertiary/aromatic N) is 2. The van der Waals surface area contributed by atoms with Gasteiger partial charge < -0.3 is 4.42 Å². The highest BCUT2D eigenvalue weighted by Crippen LogP contribution is 2.25. The van der Waals surface area contributed by atoms with Gasteiger partial charge in [-0.2, -0.15) is 9.36 Å². The summed E-state index contributed by atoms with van der Waals surface area (Å²) in [6.07, 6.45) is 0. The number of halogens is 1. The SMILES string of the molecule is O=C(Nc1nc(-c2ccc(Br)o2)ns1)c1ccccc1. The average molecular weight is 350 g/mol. The van der Waals surface area contributed by atoms with Crippen LogP contribution >= 0.6 is 27.5 Å². The molecule has 20 heavy (non-hydrogen) atoms. The lowest BCUT2D eigenvalue weighted by Gasteiger charge is -1.99. The molecule has 0 spiro atoms. The largest absolute Gasteiger partial charge is 0.446 e. The third-order valence-electron chi connectivity index (χ3n) is 2.48. The number of furan rings is 1. The van der Waals surface area contributed by atoms with E-state index in [-0.39, 0.29) is 5.91 Å². The van der Waals surface area contributed by atoms with Crippen molar-refractivity contribution in [2.45, 2.75) is 0 Å². The lowest BCUT2D eigenvalue weighted by Crippen LogP contribution is -2.11. The van der Waals surface area contributed by atoms with Gasteiger partial charge >= 0.3 is 0 Å². The van der Waals surface area contributed by atoms with Crippen LogP contribution in [0.15, 0.2) is 51.6 Å². The van der Waals surface area contributed by atoms with Crippen LogP contribution in [0.4, 0.5) is 5.13 Å². The molecule has 100 valence electrons. The molecule has 5 nitrogen and oxygen atoms in total. The minimum atomic E-state index is -0.214. The highest BCUT2D eigenvalue weighted by molar-refractivity contribution is 9.10. The molecule has 2 heterocycles. The summed E-state index contributed by atoms with van der Waals surface area (Å²) in [6.45, 7) is 0. The zero-order chi connectivity index (χ0) is 13.9. The fourth-order valence-electron chi connectivity index (χ4n) is 1.57. The monoisotopic (exact) mass is 349 g/mol. The normalized spacial score (nSPS) is 10.4. The first-order chi connectivity index (χ1) is 9.72. The number of carbonyl (C=O) groups excluding carboxylic acids is 1. The summed E-state index contributed by atoms with van der Waals surface area (Å²) in [5, 5.41) is 3.14. The maximum atomic E-state index is 12.0. The van der Waals surface area contributed by atoms with Crippen molar-refractivity contribution in [2.75, 3.05) is 5.32 Å². The average Bonchev–Trinajstić information content (AvgIpc) is 3.09. The predicted octanol–water partition coefficient (Wildman–Crippen LogP) is 3.81. The second-order valence-electron chi connectivity index (χ2n) is 3.85. The number of aromatic nitrogens is 2. The standard InChI is InChI=1S/C13H8BrN3O2S/c14-10-7-6-9(19-10)11-15-13(20-17-11)16-12(18)8-4-2-1-3-5-8/h1-7H,(H,15,16,17,18). The Morgan fingerprint density at radius 3 is 2.70 bits per heavy atom. The van der Waals surface area contributed by atoms with Crippen LogP contribution in [-0.4, -0.2) is 15.3 Å². The van der Waals surface area contributed by atoms with Gasteiger partial charge in [0.05, 0.1) is 0 Å². The van der Waals surface area contributed by atoms with Gasteiger partial charge in [0, 0.05) is 17.1 Å². The summed E-state index contributed by atoms with van der Waals surface area (Å²) in [4.78, 5) is 16.2. The van der Waals surface area contributed by atoms with E-state index in [9.17, 15) is 4.79 Å². The smallest absolute Gasteiger partial charge is 0.257 e. The van der Waals surface area contributed by atoms with Crippen LogP contribution in [0.25, 0.3) is 11.6 Å². The molecule has 2 aromatic heterocycles. The van der Waals surface area contributed by atoms with E-state index in [0.717, 1.165) is 11.5 Å². The Bertz CT molecular complexity index is 739. The molecule has 7 heteroatoms. The number of rotatable bonds is 3. The van der Waals surface area contributed by atoms with Crippen LogP contribution in [0.5, 0.6) is 0 Å². The van der Waals surface area contributed by atoms with Gasteiger partial charge in [0.25, 0.3) is 5.91 Å². The van der Waals surface area contributed by atoms with E-state index in [0.29, 0.717) is 26.9 Å². The highest BCUT2D eigenvalue weighted by atomic mass is 79.9. The first-order valence-corrected chi connectivity index (χ1v) is 7.25. The summed E-state index contributed by atoms with van der Waals surface area (Å²) in [6, 6.07) is 12.5. The molecule has 0 unspecified atom stereocenters. The molecule has 0 atom stereocenters. The molecule has 1 aromatic carbocycles. The Labute approximate surface area is 127 Å². The van der Waals surface area contributed by atoms with Crippen LogP contribution in [0.1, 0.15) is 10.4 Å². The molecule has 0 saturated carbocycles. The minimum absolute atomic E-state index is 0.214. The molecular weight excluding hydrogens is 342 g/mol. The van der Waals surface area contributed by atoms with E-state index in [1.165, 1.54) is 0 Å². The predicted molar refractivity (Wildman–Crippen MR) is 79.7 cm³/mol. The number of benzene rings is 1. The van der Waals surface area contributed by atoms with E-state index < -0.39 is 0 Å². The Kier molecular flexibility index (Phi) is 3.62. The van der Waals surface area contributed by atoms with Crippen molar-refractivity contribution in [1.82, 2.24) is 9.36 Å². The molecule has 0 aliphatic carbocycles. The summed E-state index contributed by atoms with van der Waals surface area (Å²) in [5.41, 5.74) is 0.574. The van der Waals surface area contributed by atoms with Gasteiger partial charge in [-0.05, 0) is 40.2 Å². The van der Waals surface area contributed by atoms with Crippen LogP contribution in [-0.2, 0) is 0 Å². The quantitative estimate of drug-likeness (QED) is 0.780. The number of amides is 1. The Balaban J connectivity index is 1.76. The molecule has 0 fully saturated rings. The fourth-order valence-corrected chi connectivity index (χ4v) is 2.44. The van der Waals surface area contributed by atoms with E-state index in [2.05, 4.69) is 30.6 Å². The molecule has 0 saturated heterocycles. The zero-order valence-corrected chi connectivity index (χ0v) is 12.4. The topological polar surface area (TPSA) is 68.0 Å². The van der Waals surface area contributed by atoms with Gasteiger partial charge in [0.2, 0.25) is 11.0 Å². The third kappa shape index (κ3) is 2.78. The summed E-state index contributed by atoms with van der Waals surface area (Å²) >= 11 is 4.33. The molecule has 3 rings (SSSR count). The van der Waals surface area contributed by atoms with Gasteiger partial charge in [-0.1, -0.05) is 18.2 Å². The first kappa shape index (κ1) is 13.0. The number of hydrogen-bond acceptors (Lipinski definition) is 5. The fraction of sp³-hybridized carbons (Fsp3) is 0. The molecule has 0 aliphatic heterocycles. The summed E-state index contributed by atoms with van der Waals surface area (Å²) in [5.74, 6) is 0.784. The van der Waals surface area contributed by atoms with E-state index in [4.69, 9.17) is 4.42 Å². The van der Waals surface area contributed by atoms with Crippen LogP contribution in [0.2, 0.25) is 0 Å². The number of hydrogen-bond donors (Lipinski definition) is 1. The Morgan fingerprint density at radius 1 is 1.20 bits per heavy atom. The van der Waals surface area contributed by atoms with Crippen LogP contribution in [0.3, 0.4) is 0 Å². The molecule has 1 amide bonds. The molecule has 0 bridgehead atoms. The first-order valence-electron chi connectivity index (χ1n) is 5.68. The van der Waals surface area contributed by atoms with Crippen LogP contribution in [0, 0.1) is 0 Å². The second kappa shape index (κ2) is 5.56. The van der Waals surface area contributed by atoms with Gasteiger partial charge in [-0.25, -0.2) is 0 Å².